The lowest BCUT2D eigenvalue weighted by Crippen LogP contribution is -2.26. The highest BCUT2D eigenvalue weighted by Crippen LogP contribution is 2.35. The van der Waals surface area contributed by atoms with Gasteiger partial charge >= 0.3 is 0 Å². The molecule has 1 unspecified atom stereocenters. The van der Waals surface area contributed by atoms with Crippen molar-refractivity contribution in [1.29, 1.82) is 0 Å². The average molecular weight is 293 g/mol. The first kappa shape index (κ1) is 14.1. The topological polar surface area (TPSA) is 30.5 Å². The second-order valence-corrected chi connectivity index (χ2v) is 6.69. The van der Waals surface area contributed by atoms with Gasteiger partial charge in [0.2, 0.25) is 0 Å². The summed E-state index contributed by atoms with van der Waals surface area (Å²) in [6.45, 7) is 2.23. The molecule has 2 fully saturated rings. The van der Waals surface area contributed by atoms with E-state index < -0.39 is 0 Å². The van der Waals surface area contributed by atoms with Crippen LogP contribution in [0.15, 0.2) is 18.2 Å². The third kappa shape index (κ3) is 3.23. The fraction of sp³-hybridized carbons (Fsp3) is 0.625. The van der Waals surface area contributed by atoms with E-state index in [1.165, 1.54) is 24.2 Å². The Hall–Kier alpha value is -0.870. The van der Waals surface area contributed by atoms with Crippen molar-refractivity contribution in [2.24, 2.45) is 0 Å². The van der Waals surface area contributed by atoms with Crippen molar-refractivity contribution in [2.45, 2.75) is 31.3 Å². The van der Waals surface area contributed by atoms with Gasteiger partial charge in [-0.25, -0.2) is 0 Å². The molecule has 0 amide bonds. The number of hydrogen-bond acceptors (Lipinski definition) is 4. The Morgan fingerprint density at radius 1 is 1.15 bits per heavy atom. The van der Waals surface area contributed by atoms with Crippen LogP contribution < -0.4 is 14.8 Å². The van der Waals surface area contributed by atoms with Gasteiger partial charge in [0.1, 0.15) is 6.10 Å². The van der Waals surface area contributed by atoms with Crippen LogP contribution in [0.1, 0.15) is 30.7 Å². The molecule has 0 aromatic heterocycles. The van der Waals surface area contributed by atoms with Crippen LogP contribution in [-0.4, -0.2) is 37.8 Å². The minimum absolute atomic E-state index is 0.345. The smallest absolute Gasteiger partial charge is 0.161 e. The zero-order valence-electron chi connectivity index (χ0n) is 12.1. The molecule has 110 valence electrons. The Kier molecular flexibility index (Phi) is 4.73. The molecular formula is C16H23NO2S. The van der Waals surface area contributed by atoms with Gasteiger partial charge in [-0.15, -0.1) is 0 Å². The van der Waals surface area contributed by atoms with Gasteiger partial charge in [0, 0.05) is 5.75 Å². The molecule has 0 bridgehead atoms. The Labute approximate surface area is 125 Å². The normalized spacial score (nSPS) is 23.8. The molecule has 3 nitrogen and oxygen atoms in total. The Bertz CT molecular complexity index is 440. The van der Waals surface area contributed by atoms with E-state index in [1.54, 1.807) is 7.11 Å². The predicted octanol–water partition coefficient (Wildman–Crippen LogP) is 3.05. The van der Waals surface area contributed by atoms with Crippen LogP contribution in [0.25, 0.3) is 0 Å². The molecule has 2 aliphatic rings. The third-order valence-corrected chi connectivity index (χ3v) is 5.31. The number of piperidine rings is 1. The van der Waals surface area contributed by atoms with E-state index in [1.807, 2.05) is 11.8 Å². The number of thioether (sulfide) groups is 1. The van der Waals surface area contributed by atoms with Gasteiger partial charge in [-0.3, -0.25) is 0 Å². The van der Waals surface area contributed by atoms with Crippen molar-refractivity contribution in [2.75, 3.05) is 31.7 Å². The number of rotatable bonds is 4. The maximum absolute atomic E-state index is 6.17. The third-order valence-electron chi connectivity index (χ3n) is 4.18. The summed E-state index contributed by atoms with van der Waals surface area (Å²) in [5.41, 5.74) is 1.40. The standard InChI is InChI=1S/C16H23NO2S/c1-18-15-3-2-13(12-4-7-17-8-5-12)10-16(15)19-14-6-9-20-11-14/h2-3,10,12,14,17H,4-9,11H2,1H3. The highest BCUT2D eigenvalue weighted by Gasteiger charge is 2.21. The van der Waals surface area contributed by atoms with E-state index in [-0.39, 0.29) is 0 Å². The first-order valence-corrected chi connectivity index (χ1v) is 8.65. The molecule has 0 saturated carbocycles. The molecule has 1 atom stereocenters. The van der Waals surface area contributed by atoms with Crippen LogP contribution in [-0.2, 0) is 0 Å². The maximum atomic E-state index is 6.17. The molecule has 0 radical (unpaired) electrons. The number of benzene rings is 1. The van der Waals surface area contributed by atoms with Crippen molar-refractivity contribution in [3.05, 3.63) is 23.8 Å². The van der Waals surface area contributed by atoms with Crippen molar-refractivity contribution < 1.29 is 9.47 Å². The SMILES string of the molecule is COc1ccc(C2CCNCC2)cc1OC1CCSC1. The molecule has 2 aliphatic heterocycles. The number of nitrogens with one attached hydrogen (secondary N) is 1. The largest absolute Gasteiger partial charge is 0.493 e. The summed E-state index contributed by atoms with van der Waals surface area (Å²) in [5.74, 6) is 4.75. The summed E-state index contributed by atoms with van der Waals surface area (Å²) in [4.78, 5) is 0. The van der Waals surface area contributed by atoms with Crippen LogP contribution in [0.4, 0.5) is 0 Å². The van der Waals surface area contributed by atoms with Gasteiger partial charge in [-0.2, -0.15) is 11.8 Å². The molecule has 1 aromatic carbocycles. The van der Waals surface area contributed by atoms with Crippen molar-refractivity contribution >= 4 is 11.8 Å². The van der Waals surface area contributed by atoms with E-state index in [0.717, 1.165) is 36.8 Å². The van der Waals surface area contributed by atoms with Gasteiger partial charge in [0.15, 0.2) is 11.5 Å². The van der Waals surface area contributed by atoms with Crippen LogP contribution in [0.2, 0.25) is 0 Å². The molecule has 0 aliphatic carbocycles. The minimum atomic E-state index is 0.345. The van der Waals surface area contributed by atoms with Crippen LogP contribution in [0.5, 0.6) is 11.5 Å². The van der Waals surface area contributed by atoms with Gasteiger partial charge < -0.3 is 14.8 Å². The Morgan fingerprint density at radius 2 is 2.00 bits per heavy atom. The number of hydrogen-bond donors (Lipinski definition) is 1. The first-order chi connectivity index (χ1) is 9.86. The predicted molar refractivity (Wildman–Crippen MR) is 84.2 cm³/mol. The molecule has 1 N–H and O–H groups in total. The average Bonchev–Trinajstić information content (AvgIpc) is 3.01. The zero-order valence-corrected chi connectivity index (χ0v) is 12.9. The second kappa shape index (κ2) is 6.72. The molecule has 1 aromatic rings. The van der Waals surface area contributed by atoms with Crippen LogP contribution in [0, 0.1) is 0 Å². The van der Waals surface area contributed by atoms with Gasteiger partial charge in [0.05, 0.1) is 7.11 Å². The van der Waals surface area contributed by atoms with E-state index in [9.17, 15) is 0 Å². The maximum Gasteiger partial charge on any atom is 0.161 e. The summed E-state index contributed by atoms with van der Waals surface area (Å²) < 4.78 is 11.6. The molecule has 2 heterocycles. The van der Waals surface area contributed by atoms with Gasteiger partial charge in [-0.1, -0.05) is 6.07 Å². The van der Waals surface area contributed by atoms with Gasteiger partial charge in [-0.05, 0) is 61.7 Å². The van der Waals surface area contributed by atoms with Crippen molar-refractivity contribution in [3.63, 3.8) is 0 Å². The van der Waals surface area contributed by atoms with Crippen LogP contribution >= 0.6 is 11.8 Å². The van der Waals surface area contributed by atoms with Gasteiger partial charge in [0.25, 0.3) is 0 Å². The summed E-state index contributed by atoms with van der Waals surface area (Å²) in [6, 6.07) is 6.47. The molecular weight excluding hydrogens is 270 g/mol. The van der Waals surface area contributed by atoms with Crippen LogP contribution in [0.3, 0.4) is 0 Å². The molecule has 20 heavy (non-hydrogen) atoms. The molecule has 0 spiro atoms. The summed E-state index contributed by atoms with van der Waals surface area (Å²) in [5, 5.41) is 3.42. The van der Waals surface area contributed by atoms with Crippen molar-refractivity contribution in [1.82, 2.24) is 5.32 Å². The fourth-order valence-electron chi connectivity index (χ4n) is 2.98. The molecule has 4 heteroatoms. The summed E-state index contributed by atoms with van der Waals surface area (Å²) in [6.07, 6.45) is 3.92. The summed E-state index contributed by atoms with van der Waals surface area (Å²) in [7, 11) is 1.72. The van der Waals surface area contributed by atoms with E-state index in [2.05, 4.69) is 23.5 Å². The molecule has 2 saturated heterocycles. The van der Waals surface area contributed by atoms with E-state index in [0.29, 0.717) is 12.0 Å². The lowest BCUT2D eigenvalue weighted by atomic mass is 9.90. The van der Waals surface area contributed by atoms with Crippen molar-refractivity contribution in [3.8, 4) is 11.5 Å². The lowest BCUT2D eigenvalue weighted by molar-refractivity contribution is 0.218. The quantitative estimate of drug-likeness (QED) is 0.924. The van der Waals surface area contributed by atoms with E-state index in [4.69, 9.17) is 9.47 Å². The minimum Gasteiger partial charge on any atom is -0.493 e. The number of methoxy groups -OCH3 is 1. The number of ether oxygens (including phenoxy) is 2. The monoisotopic (exact) mass is 293 g/mol. The Balaban J connectivity index is 1.78. The second-order valence-electron chi connectivity index (χ2n) is 5.54. The Morgan fingerprint density at radius 3 is 2.70 bits per heavy atom. The highest BCUT2D eigenvalue weighted by atomic mass is 32.2. The lowest BCUT2D eigenvalue weighted by Gasteiger charge is -2.24. The first-order valence-electron chi connectivity index (χ1n) is 7.50. The fourth-order valence-corrected chi connectivity index (χ4v) is 4.07. The zero-order chi connectivity index (χ0) is 13.8. The van der Waals surface area contributed by atoms with E-state index >= 15 is 0 Å². The highest BCUT2D eigenvalue weighted by molar-refractivity contribution is 7.99. The molecule has 3 rings (SSSR count). The summed E-state index contributed by atoms with van der Waals surface area (Å²) >= 11 is 1.97.